The summed E-state index contributed by atoms with van der Waals surface area (Å²) in [5.41, 5.74) is 1.09. The Morgan fingerprint density at radius 1 is 1.57 bits per heavy atom. The molecule has 1 N–H and O–H groups in total. The predicted molar refractivity (Wildman–Crippen MR) is 55.7 cm³/mol. The van der Waals surface area contributed by atoms with Crippen molar-refractivity contribution < 1.29 is 0 Å². The van der Waals surface area contributed by atoms with Gasteiger partial charge in [0.25, 0.3) is 0 Å². The zero-order chi connectivity index (χ0) is 9.80. The van der Waals surface area contributed by atoms with Crippen LogP contribution in [0.2, 0.25) is 0 Å². The molecule has 0 bridgehead atoms. The first-order valence-corrected chi connectivity index (χ1v) is 5.38. The summed E-state index contributed by atoms with van der Waals surface area (Å²) in [7, 11) is 0. The first-order chi connectivity index (χ1) is 6.90. The Bertz CT molecular complexity index is 273. The molecule has 1 saturated carbocycles. The lowest BCUT2D eigenvalue weighted by molar-refractivity contribution is 0.593. The van der Waals surface area contributed by atoms with Crippen LogP contribution in [-0.2, 0) is 6.54 Å². The molecular formula is C11H17N3. The van der Waals surface area contributed by atoms with Crippen LogP contribution in [0.4, 0.5) is 0 Å². The number of nitrogens with one attached hydrogen (secondary N) is 1. The molecule has 1 aromatic rings. The fourth-order valence-corrected chi connectivity index (χ4v) is 1.85. The minimum absolute atomic E-state index is 0.741. The van der Waals surface area contributed by atoms with Gasteiger partial charge in [-0.25, -0.2) is 9.97 Å². The van der Waals surface area contributed by atoms with Crippen LogP contribution >= 0.6 is 0 Å². The van der Waals surface area contributed by atoms with E-state index >= 15 is 0 Å². The van der Waals surface area contributed by atoms with Crippen molar-refractivity contribution in [3.63, 3.8) is 0 Å². The lowest BCUT2D eigenvalue weighted by Crippen LogP contribution is -2.18. The number of rotatable bonds is 5. The summed E-state index contributed by atoms with van der Waals surface area (Å²) in [6.07, 6.45) is 7.41. The maximum Gasteiger partial charge on any atom is 0.115 e. The minimum Gasteiger partial charge on any atom is -0.308 e. The second-order valence-electron chi connectivity index (χ2n) is 3.97. The van der Waals surface area contributed by atoms with Crippen molar-refractivity contribution in [2.24, 2.45) is 5.92 Å². The SMILES string of the molecule is CCCC1CC1NCc1ccncn1. The highest BCUT2D eigenvalue weighted by Crippen LogP contribution is 2.34. The number of hydrogen-bond acceptors (Lipinski definition) is 3. The van der Waals surface area contributed by atoms with Crippen LogP contribution in [0.1, 0.15) is 31.9 Å². The van der Waals surface area contributed by atoms with Crippen molar-refractivity contribution in [2.45, 2.75) is 38.8 Å². The van der Waals surface area contributed by atoms with Gasteiger partial charge in [-0.2, -0.15) is 0 Å². The quantitative estimate of drug-likeness (QED) is 0.770. The maximum atomic E-state index is 4.18. The van der Waals surface area contributed by atoms with Gasteiger partial charge in [0, 0.05) is 18.8 Å². The van der Waals surface area contributed by atoms with Gasteiger partial charge in [0.1, 0.15) is 6.33 Å². The van der Waals surface area contributed by atoms with E-state index in [9.17, 15) is 0 Å². The molecule has 0 saturated heterocycles. The first-order valence-electron chi connectivity index (χ1n) is 5.38. The summed E-state index contributed by atoms with van der Waals surface area (Å²) in [6, 6.07) is 2.70. The molecule has 1 heterocycles. The van der Waals surface area contributed by atoms with Gasteiger partial charge in [-0.1, -0.05) is 13.3 Å². The Labute approximate surface area is 85.0 Å². The molecule has 76 valence electrons. The predicted octanol–water partition coefficient (Wildman–Crippen LogP) is 1.75. The second kappa shape index (κ2) is 4.51. The highest BCUT2D eigenvalue weighted by atomic mass is 15.0. The third-order valence-corrected chi connectivity index (χ3v) is 2.77. The summed E-state index contributed by atoms with van der Waals surface area (Å²) in [5, 5.41) is 3.52. The molecule has 2 atom stereocenters. The van der Waals surface area contributed by atoms with Crippen molar-refractivity contribution in [3.8, 4) is 0 Å². The third kappa shape index (κ3) is 2.51. The average Bonchev–Trinajstić information content (AvgIpc) is 2.96. The third-order valence-electron chi connectivity index (χ3n) is 2.77. The highest BCUT2D eigenvalue weighted by Gasteiger charge is 2.35. The molecule has 0 spiro atoms. The normalized spacial score (nSPS) is 24.9. The van der Waals surface area contributed by atoms with E-state index in [1.807, 2.05) is 6.07 Å². The van der Waals surface area contributed by atoms with E-state index in [1.54, 1.807) is 12.5 Å². The fourth-order valence-electron chi connectivity index (χ4n) is 1.85. The summed E-state index contributed by atoms with van der Waals surface area (Å²) < 4.78 is 0. The molecule has 2 unspecified atom stereocenters. The van der Waals surface area contributed by atoms with Crippen LogP contribution in [-0.4, -0.2) is 16.0 Å². The number of nitrogens with zero attached hydrogens (tertiary/aromatic N) is 2. The van der Waals surface area contributed by atoms with E-state index in [0.717, 1.165) is 24.2 Å². The molecule has 1 aromatic heterocycles. The van der Waals surface area contributed by atoms with Crippen LogP contribution in [0.3, 0.4) is 0 Å². The molecule has 3 heteroatoms. The summed E-state index contributed by atoms with van der Waals surface area (Å²) in [4.78, 5) is 8.07. The first kappa shape index (κ1) is 9.59. The molecule has 1 fully saturated rings. The van der Waals surface area contributed by atoms with Gasteiger partial charge in [-0.15, -0.1) is 0 Å². The molecule has 1 aliphatic carbocycles. The van der Waals surface area contributed by atoms with Crippen molar-refractivity contribution in [3.05, 3.63) is 24.3 Å². The molecule has 2 rings (SSSR count). The molecule has 14 heavy (non-hydrogen) atoms. The van der Waals surface area contributed by atoms with Crippen LogP contribution in [0.25, 0.3) is 0 Å². The molecule has 3 nitrogen and oxygen atoms in total. The molecule has 0 aliphatic heterocycles. The lowest BCUT2D eigenvalue weighted by atomic mass is 10.2. The Morgan fingerprint density at radius 3 is 3.21 bits per heavy atom. The number of aromatic nitrogens is 2. The van der Waals surface area contributed by atoms with Gasteiger partial charge in [-0.3, -0.25) is 0 Å². The molecule has 0 radical (unpaired) electrons. The Balaban J connectivity index is 1.70. The van der Waals surface area contributed by atoms with Crippen LogP contribution in [0.5, 0.6) is 0 Å². The van der Waals surface area contributed by atoms with E-state index in [0.29, 0.717) is 0 Å². The topological polar surface area (TPSA) is 37.8 Å². The Kier molecular flexibility index (Phi) is 3.09. The van der Waals surface area contributed by atoms with E-state index in [4.69, 9.17) is 0 Å². The van der Waals surface area contributed by atoms with Crippen molar-refractivity contribution >= 4 is 0 Å². The Morgan fingerprint density at radius 2 is 2.50 bits per heavy atom. The summed E-state index contributed by atoms with van der Waals surface area (Å²) in [6.45, 7) is 3.13. The minimum atomic E-state index is 0.741. The number of hydrogen-bond donors (Lipinski definition) is 1. The van der Waals surface area contributed by atoms with Gasteiger partial charge in [0.2, 0.25) is 0 Å². The monoisotopic (exact) mass is 191 g/mol. The molecular weight excluding hydrogens is 174 g/mol. The van der Waals surface area contributed by atoms with Gasteiger partial charge < -0.3 is 5.32 Å². The van der Waals surface area contributed by atoms with E-state index in [1.165, 1.54) is 19.3 Å². The van der Waals surface area contributed by atoms with Crippen molar-refractivity contribution in [1.29, 1.82) is 0 Å². The largest absolute Gasteiger partial charge is 0.308 e. The Hall–Kier alpha value is -0.960. The zero-order valence-electron chi connectivity index (χ0n) is 8.61. The van der Waals surface area contributed by atoms with E-state index < -0.39 is 0 Å². The van der Waals surface area contributed by atoms with Crippen molar-refractivity contribution in [1.82, 2.24) is 15.3 Å². The summed E-state index contributed by atoms with van der Waals surface area (Å²) in [5.74, 6) is 0.918. The van der Waals surface area contributed by atoms with Gasteiger partial charge >= 0.3 is 0 Å². The van der Waals surface area contributed by atoms with Crippen LogP contribution in [0.15, 0.2) is 18.6 Å². The van der Waals surface area contributed by atoms with E-state index in [-0.39, 0.29) is 0 Å². The van der Waals surface area contributed by atoms with Gasteiger partial charge in [-0.05, 0) is 24.8 Å². The standard InChI is InChI=1S/C11H17N3/c1-2-3-9-6-11(9)13-7-10-4-5-12-8-14-10/h4-5,8-9,11,13H,2-3,6-7H2,1H3. The van der Waals surface area contributed by atoms with Gasteiger partial charge in [0.15, 0.2) is 0 Å². The average molecular weight is 191 g/mol. The van der Waals surface area contributed by atoms with Crippen molar-refractivity contribution in [2.75, 3.05) is 0 Å². The van der Waals surface area contributed by atoms with E-state index in [2.05, 4.69) is 22.2 Å². The molecule has 0 aromatic carbocycles. The maximum absolute atomic E-state index is 4.18. The van der Waals surface area contributed by atoms with Gasteiger partial charge in [0.05, 0.1) is 5.69 Å². The molecule has 1 aliphatic rings. The highest BCUT2D eigenvalue weighted by molar-refractivity contribution is 5.00. The molecule has 0 amide bonds. The second-order valence-corrected chi connectivity index (χ2v) is 3.97. The fraction of sp³-hybridized carbons (Fsp3) is 0.636. The summed E-state index contributed by atoms with van der Waals surface area (Å²) >= 11 is 0. The zero-order valence-corrected chi connectivity index (χ0v) is 8.61. The smallest absolute Gasteiger partial charge is 0.115 e. The van der Waals surface area contributed by atoms with Crippen LogP contribution < -0.4 is 5.32 Å². The lowest BCUT2D eigenvalue weighted by Gasteiger charge is -2.02. The van der Waals surface area contributed by atoms with Crippen LogP contribution in [0, 0.1) is 5.92 Å².